The van der Waals surface area contributed by atoms with Crippen LogP contribution in [-0.4, -0.2) is 53.8 Å². The number of primary amides is 1. The molecule has 1 saturated heterocycles. The zero-order chi connectivity index (χ0) is 22.2. The number of aryl methyl sites for hydroxylation is 1. The van der Waals surface area contributed by atoms with Crippen LogP contribution < -0.4 is 16.4 Å². The van der Waals surface area contributed by atoms with Crippen LogP contribution in [-0.2, 0) is 4.79 Å². The quantitative estimate of drug-likeness (QED) is 0.561. The molecule has 3 rings (SSSR count). The van der Waals surface area contributed by atoms with Crippen molar-refractivity contribution in [2.75, 3.05) is 31.5 Å². The van der Waals surface area contributed by atoms with Crippen LogP contribution in [0.2, 0.25) is 0 Å². The van der Waals surface area contributed by atoms with Gasteiger partial charge in [0, 0.05) is 31.0 Å². The highest BCUT2D eigenvalue weighted by atomic mass is 16.2. The summed E-state index contributed by atoms with van der Waals surface area (Å²) in [5.74, 6) is -0.844. The third kappa shape index (κ3) is 6.11. The third-order valence-corrected chi connectivity index (χ3v) is 5.54. The number of likely N-dealkylation sites (tertiary alicyclic amines) is 1. The van der Waals surface area contributed by atoms with E-state index in [-0.39, 0.29) is 23.6 Å². The van der Waals surface area contributed by atoms with Gasteiger partial charge >= 0.3 is 0 Å². The number of nitrogens with two attached hydrogens (primary N) is 1. The smallest absolute Gasteiger partial charge is 0.255 e. The highest BCUT2D eigenvalue weighted by Crippen LogP contribution is 2.21. The predicted molar refractivity (Wildman–Crippen MR) is 119 cm³/mol. The number of benzene rings is 1. The van der Waals surface area contributed by atoms with E-state index in [1.807, 2.05) is 13.0 Å². The summed E-state index contributed by atoms with van der Waals surface area (Å²) < 4.78 is 0. The van der Waals surface area contributed by atoms with E-state index < -0.39 is 0 Å². The van der Waals surface area contributed by atoms with Gasteiger partial charge in [-0.1, -0.05) is 12.1 Å². The number of pyridine rings is 1. The van der Waals surface area contributed by atoms with Gasteiger partial charge in [0.25, 0.3) is 11.8 Å². The Morgan fingerprint density at radius 2 is 1.94 bits per heavy atom. The lowest BCUT2D eigenvalue weighted by Gasteiger charge is -2.31. The maximum Gasteiger partial charge on any atom is 0.255 e. The molecular formula is C23H29N5O3. The molecule has 1 aliphatic rings. The van der Waals surface area contributed by atoms with Crippen molar-refractivity contribution in [3.8, 4) is 0 Å². The second-order valence-electron chi connectivity index (χ2n) is 7.84. The van der Waals surface area contributed by atoms with Crippen LogP contribution >= 0.6 is 0 Å². The molecular weight excluding hydrogens is 394 g/mol. The number of amides is 3. The molecule has 164 valence electrons. The molecule has 0 aliphatic carbocycles. The lowest BCUT2D eigenvalue weighted by molar-refractivity contribution is -0.123. The van der Waals surface area contributed by atoms with Gasteiger partial charge in [-0.3, -0.25) is 19.4 Å². The van der Waals surface area contributed by atoms with Crippen molar-refractivity contribution in [2.24, 2.45) is 11.7 Å². The van der Waals surface area contributed by atoms with Gasteiger partial charge in [0.15, 0.2) is 0 Å². The molecule has 4 N–H and O–H groups in total. The number of hydrogen-bond acceptors (Lipinski definition) is 5. The van der Waals surface area contributed by atoms with Crippen LogP contribution in [0.5, 0.6) is 0 Å². The summed E-state index contributed by atoms with van der Waals surface area (Å²) in [6, 6.07) is 8.59. The van der Waals surface area contributed by atoms with E-state index in [1.165, 1.54) is 0 Å². The Labute approximate surface area is 182 Å². The number of rotatable bonds is 8. The van der Waals surface area contributed by atoms with Crippen LogP contribution in [0.15, 0.2) is 42.7 Å². The minimum atomic E-state index is -0.292. The zero-order valence-corrected chi connectivity index (χ0v) is 17.8. The second kappa shape index (κ2) is 10.7. The summed E-state index contributed by atoms with van der Waals surface area (Å²) in [7, 11) is 0. The second-order valence-corrected chi connectivity index (χ2v) is 7.84. The molecule has 0 saturated carbocycles. The minimum absolute atomic E-state index is 0.0813. The largest absolute Gasteiger partial charge is 0.369 e. The van der Waals surface area contributed by atoms with Crippen LogP contribution in [0.1, 0.15) is 45.5 Å². The summed E-state index contributed by atoms with van der Waals surface area (Å²) in [6.07, 6.45) is 5.68. The van der Waals surface area contributed by atoms with Gasteiger partial charge < -0.3 is 21.3 Å². The average molecular weight is 424 g/mol. The highest BCUT2D eigenvalue weighted by Gasteiger charge is 2.23. The molecule has 1 aromatic carbocycles. The number of nitrogens with zero attached hydrogens (tertiary/aromatic N) is 2. The molecule has 3 amide bonds. The zero-order valence-electron chi connectivity index (χ0n) is 17.8. The molecule has 0 bridgehead atoms. The van der Waals surface area contributed by atoms with Crippen molar-refractivity contribution < 1.29 is 14.4 Å². The van der Waals surface area contributed by atoms with E-state index in [2.05, 4.69) is 20.5 Å². The number of aromatic nitrogens is 1. The minimum Gasteiger partial charge on any atom is -0.369 e. The summed E-state index contributed by atoms with van der Waals surface area (Å²) in [6.45, 7) is 4.78. The highest BCUT2D eigenvalue weighted by molar-refractivity contribution is 6.09. The monoisotopic (exact) mass is 423 g/mol. The molecule has 0 radical (unpaired) electrons. The Kier molecular flexibility index (Phi) is 7.72. The van der Waals surface area contributed by atoms with Gasteiger partial charge in [0.2, 0.25) is 5.91 Å². The number of carbonyl (C=O) groups excluding carboxylic acids is 3. The molecule has 1 unspecified atom stereocenters. The lowest BCUT2D eigenvalue weighted by atomic mass is 9.97. The number of piperidine rings is 1. The number of hydrogen-bond donors (Lipinski definition) is 3. The van der Waals surface area contributed by atoms with Crippen LogP contribution in [0.3, 0.4) is 0 Å². The number of anilines is 1. The maximum atomic E-state index is 12.8. The van der Waals surface area contributed by atoms with Crippen LogP contribution in [0.25, 0.3) is 0 Å². The fourth-order valence-electron chi connectivity index (χ4n) is 3.80. The summed E-state index contributed by atoms with van der Waals surface area (Å²) in [5.41, 5.74) is 7.64. The first kappa shape index (κ1) is 22.4. The molecule has 8 nitrogen and oxygen atoms in total. The molecule has 8 heteroatoms. The molecule has 1 aromatic heterocycles. The fraction of sp³-hybridized carbons (Fsp3) is 0.391. The maximum absolute atomic E-state index is 12.8. The normalized spacial score (nSPS) is 16.5. The molecule has 2 aromatic rings. The Hall–Kier alpha value is -3.26. The van der Waals surface area contributed by atoms with Gasteiger partial charge in [-0.05, 0) is 63.0 Å². The Bertz CT molecular complexity index is 932. The van der Waals surface area contributed by atoms with E-state index in [0.29, 0.717) is 29.9 Å². The predicted octanol–water partition coefficient (Wildman–Crippen LogP) is 1.96. The molecule has 0 spiro atoms. The standard InChI is InChI=1S/C23H29N5O3/c1-16-5-2-7-19(20(16)27-22(30)17-8-11-25-12-9-17)23(31)26-10-4-14-28-13-3-6-18(15-28)21(24)29/h2,5,7-9,11-12,18H,3-4,6,10,13-15H2,1H3,(H2,24,29)(H,26,31)(H,27,30). The Morgan fingerprint density at radius 3 is 2.68 bits per heavy atom. The van der Waals surface area contributed by atoms with E-state index in [1.54, 1.807) is 36.7 Å². The Morgan fingerprint density at radius 1 is 1.16 bits per heavy atom. The lowest BCUT2D eigenvalue weighted by Crippen LogP contribution is -2.42. The first-order chi connectivity index (χ1) is 15.0. The van der Waals surface area contributed by atoms with Gasteiger partial charge in [-0.2, -0.15) is 0 Å². The van der Waals surface area contributed by atoms with Crippen molar-refractivity contribution in [3.63, 3.8) is 0 Å². The van der Waals surface area contributed by atoms with E-state index in [0.717, 1.165) is 37.9 Å². The van der Waals surface area contributed by atoms with Crippen molar-refractivity contribution in [3.05, 3.63) is 59.4 Å². The summed E-state index contributed by atoms with van der Waals surface area (Å²) >= 11 is 0. The number of carbonyl (C=O) groups is 3. The van der Waals surface area contributed by atoms with Crippen molar-refractivity contribution in [1.82, 2.24) is 15.2 Å². The van der Waals surface area contributed by atoms with E-state index >= 15 is 0 Å². The first-order valence-electron chi connectivity index (χ1n) is 10.6. The van der Waals surface area contributed by atoms with Gasteiger partial charge in [0.1, 0.15) is 0 Å². The van der Waals surface area contributed by atoms with Crippen molar-refractivity contribution >= 4 is 23.4 Å². The van der Waals surface area contributed by atoms with Crippen molar-refractivity contribution in [1.29, 1.82) is 0 Å². The van der Waals surface area contributed by atoms with E-state index in [9.17, 15) is 14.4 Å². The molecule has 2 heterocycles. The summed E-state index contributed by atoms with van der Waals surface area (Å²) in [4.78, 5) is 42.9. The number of para-hydroxylation sites is 1. The molecule has 1 aliphatic heterocycles. The average Bonchev–Trinajstić information content (AvgIpc) is 2.78. The SMILES string of the molecule is Cc1cccc(C(=O)NCCCN2CCCC(C(N)=O)C2)c1NC(=O)c1ccncc1. The van der Waals surface area contributed by atoms with Gasteiger partial charge in [-0.25, -0.2) is 0 Å². The molecule has 1 atom stereocenters. The topological polar surface area (TPSA) is 117 Å². The fourth-order valence-corrected chi connectivity index (χ4v) is 3.80. The van der Waals surface area contributed by atoms with Crippen LogP contribution in [0.4, 0.5) is 5.69 Å². The van der Waals surface area contributed by atoms with Gasteiger partial charge in [0.05, 0.1) is 17.2 Å². The molecule has 1 fully saturated rings. The third-order valence-electron chi connectivity index (χ3n) is 5.54. The first-order valence-corrected chi connectivity index (χ1v) is 10.6. The summed E-state index contributed by atoms with van der Waals surface area (Å²) in [5, 5.41) is 5.79. The van der Waals surface area contributed by atoms with E-state index in [4.69, 9.17) is 5.73 Å². The van der Waals surface area contributed by atoms with Crippen LogP contribution in [0, 0.1) is 12.8 Å². The van der Waals surface area contributed by atoms with Gasteiger partial charge in [-0.15, -0.1) is 0 Å². The van der Waals surface area contributed by atoms with Crippen molar-refractivity contribution in [2.45, 2.75) is 26.2 Å². The number of nitrogens with one attached hydrogen (secondary N) is 2. The Balaban J connectivity index is 1.55. The molecule has 31 heavy (non-hydrogen) atoms.